The number of anilines is 12. The highest BCUT2D eigenvalue weighted by molar-refractivity contribution is 7.03. The van der Waals surface area contributed by atoms with Crippen molar-refractivity contribution in [3.8, 4) is 22.6 Å². The molecule has 0 unspecified atom stereocenters. The van der Waals surface area contributed by atoms with E-state index in [2.05, 4.69) is 299 Å². The maximum Gasteiger partial charge on any atom is 0.256 e. The predicted molar refractivity (Wildman–Crippen MR) is 334 cm³/mol. The van der Waals surface area contributed by atoms with Crippen molar-refractivity contribution in [2.24, 2.45) is 0 Å². The number of hydrogen-bond donors (Lipinski definition) is 0. The van der Waals surface area contributed by atoms with Crippen molar-refractivity contribution >= 4 is 136 Å². The Morgan fingerprint density at radius 2 is 0.825 bits per heavy atom. The highest BCUT2D eigenvalue weighted by Crippen LogP contribution is 2.54. The van der Waals surface area contributed by atoms with Gasteiger partial charge < -0.3 is 28.8 Å². The van der Waals surface area contributed by atoms with Crippen LogP contribution in [-0.4, -0.2) is 13.4 Å². The first kappa shape index (κ1) is 44.7. The molecule has 4 aliphatic rings. The molecular weight excluding hydrogens is 974 g/mol. The van der Waals surface area contributed by atoms with E-state index in [0.717, 1.165) is 124 Å². The fourth-order valence-corrected chi connectivity index (χ4v) is 13.6. The lowest BCUT2D eigenvalue weighted by molar-refractivity contribution is 0.489. The molecule has 0 saturated carbocycles. The van der Waals surface area contributed by atoms with Gasteiger partial charge in [-0.1, -0.05) is 182 Å². The van der Waals surface area contributed by atoms with Crippen LogP contribution in [0.1, 0.15) is 0 Å². The largest absolute Gasteiger partial charge is 0.457 e. The van der Waals surface area contributed by atoms with E-state index in [1.807, 2.05) is 0 Å². The molecule has 0 bridgehead atoms. The predicted octanol–water partition coefficient (Wildman–Crippen LogP) is 15.2. The summed E-state index contributed by atoms with van der Waals surface area (Å²) in [4.78, 5) is 9.83. The summed E-state index contributed by atoms with van der Waals surface area (Å²) in [6.45, 7) is -0.378. The van der Waals surface area contributed by atoms with Crippen LogP contribution in [0.4, 0.5) is 68.2 Å². The minimum absolute atomic E-state index is 0.159. The van der Waals surface area contributed by atoms with Crippen molar-refractivity contribution in [3.63, 3.8) is 0 Å². The second kappa shape index (κ2) is 17.5. The normalized spacial score (nSPS) is 13.2. The van der Waals surface area contributed by atoms with Crippen LogP contribution in [0.25, 0.3) is 33.1 Å². The van der Waals surface area contributed by atoms with Gasteiger partial charge in [0.15, 0.2) is 0 Å². The summed E-state index contributed by atoms with van der Waals surface area (Å²) in [6, 6.07) is 101. The Morgan fingerprint density at radius 1 is 0.350 bits per heavy atom. The Hall–Kier alpha value is -10.4. The Morgan fingerprint density at radius 3 is 1.43 bits per heavy atom. The SMILES string of the molecule is c1ccc(-c2c3c4c(c5c2oc2ccccc25)N(c2ccccc2)c2ccccc2B4c2cc4c(cc2O3)N(c2ccccc2)c2cc(N(c3ccccc3)c3ccccc3)cc3c2B4c2ccccc2N3c2ccccc2)cc1. The van der Waals surface area contributed by atoms with Crippen LogP contribution < -0.4 is 57.1 Å². The number of hydrogen-bond acceptors (Lipinski definition) is 6. The molecule has 1 aromatic heterocycles. The van der Waals surface area contributed by atoms with Gasteiger partial charge in [0.05, 0.1) is 22.3 Å². The lowest BCUT2D eigenvalue weighted by atomic mass is 9.30. The molecule has 0 saturated heterocycles. The third-order valence-electron chi connectivity index (χ3n) is 16.8. The summed E-state index contributed by atoms with van der Waals surface area (Å²) < 4.78 is 15.0. The Balaban J connectivity index is 0.996. The fraction of sp³-hybridized carbons (Fsp3) is 0. The lowest BCUT2D eigenvalue weighted by Gasteiger charge is -2.46. The van der Waals surface area contributed by atoms with Gasteiger partial charge in [-0.05, 0) is 129 Å². The maximum atomic E-state index is 7.85. The number of fused-ring (bicyclic) bond motifs is 12. The molecule has 0 radical (unpaired) electrons. The second-order valence-electron chi connectivity index (χ2n) is 21.1. The first-order valence-electron chi connectivity index (χ1n) is 27.5. The lowest BCUT2D eigenvalue weighted by Crippen LogP contribution is -2.64. The second-order valence-corrected chi connectivity index (χ2v) is 21.1. The average molecular weight is 1020 g/mol. The van der Waals surface area contributed by atoms with Crippen LogP contribution >= 0.6 is 0 Å². The van der Waals surface area contributed by atoms with Crippen LogP contribution in [-0.2, 0) is 0 Å². The summed E-state index contributed by atoms with van der Waals surface area (Å²) in [6.07, 6.45) is 0. The van der Waals surface area contributed by atoms with Gasteiger partial charge in [-0.15, -0.1) is 0 Å². The van der Waals surface area contributed by atoms with E-state index in [0.29, 0.717) is 0 Å². The standard InChI is InChI=1S/C72H46B2N4O2/c1-7-25-47(26-8-1)66-71-67(54-37-19-24-42-64(54)79-71)70-69-72(66)80-65-46-61-57(45-58(65)74(69)56-39-21-23-41-60(56)78(70)52-35-17-6-18-36-52)73-55-38-20-22-40-59(55)76(50-31-13-4-14-32-50)62-43-53(44-63(68(62)73)77(61)51-33-15-5-16-34-51)75(48-27-9-2-10-28-48)49-29-11-3-12-30-49/h1-46H. The van der Waals surface area contributed by atoms with Crippen LogP contribution in [0.3, 0.4) is 0 Å². The molecule has 17 rings (SSSR count). The molecule has 13 aromatic rings. The van der Waals surface area contributed by atoms with E-state index < -0.39 is 0 Å². The molecular formula is C72H46B2N4O2. The minimum Gasteiger partial charge on any atom is -0.457 e. The number of ether oxygens (including phenoxy) is 1. The molecule has 0 N–H and O–H groups in total. The molecule has 6 nitrogen and oxygen atoms in total. The van der Waals surface area contributed by atoms with Crippen molar-refractivity contribution in [3.05, 3.63) is 279 Å². The Kier molecular flexibility index (Phi) is 9.80. The number of rotatable bonds is 7. The van der Waals surface area contributed by atoms with E-state index in [1.165, 1.54) is 21.9 Å². The zero-order valence-electron chi connectivity index (χ0n) is 43.3. The summed E-state index contributed by atoms with van der Waals surface area (Å²) in [5.41, 5.74) is 23.8. The van der Waals surface area contributed by atoms with Crippen molar-refractivity contribution in [1.29, 1.82) is 0 Å². The molecule has 8 heteroatoms. The summed E-state index contributed by atoms with van der Waals surface area (Å²) in [5.74, 6) is 1.62. The van der Waals surface area contributed by atoms with E-state index in [-0.39, 0.29) is 13.4 Å². The molecule has 12 aromatic carbocycles. The van der Waals surface area contributed by atoms with Crippen LogP contribution in [0.5, 0.6) is 11.5 Å². The first-order valence-corrected chi connectivity index (χ1v) is 27.5. The number of benzene rings is 12. The summed E-state index contributed by atoms with van der Waals surface area (Å²) in [7, 11) is 0. The third-order valence-corrected chi connectivity index (χ3v) is 16.8. The summed E-state index contributed by atoms with van der Waals surface area (Å²) in [5, 5.41) is 2.13. The topological polar surface area (TPSA) is 35.3 Å². The van der Waals surface area contributed by atoms with Gasteiger partial charge >= 0.3 is 0 Å². The number of nitrogens with zero attached hydrogens (tertiary/aromatic N) is 4. The monoisotopic (exact) mass is 1020 g/mol. The van der Waals surface area contributed by atoms with Gasteiger partial charge in [-0.3, -0.25) is 0 Å². The summed E-state index contributed by atoms with van der Waals surface area (Å²) >= 11 is 0. The van der Waals surface area contributed by atoms with E-state index in [4.69, 9.17) is 9.15 Å². The smallest absolute Gasteiger partial charge is 0.256 e. The zero-order chi connectivity index (χ0) is 52.4. The molecule has 0 amide bonds. The van der Waals surface area contributed by atoms with Gasteiger partial charge in [0.2, 0.25) is 0 Å². The van der Waals surface area contributed by atoms with Crippen molar-refractivity contribution in [2.45, 2.75) is 0 Å². The van der Waals surface area contributed by atoms with Crippen molar-refractivity contribution in [1.82, 2.24) is 0 Å². The average Bonchev–Trinajstić information content (AvgIpc) is 4.09. The molecule has 5 heterocycles. The van der Waals surface area contributed by atoms with Crippen molar-refractivity contribution in [2.75, 3.05) is 19.6 Å². The molecule has 0 fully saturated rings. The van der Waals surface area contributed by atoms with Crippen LogP contribution in [0.2, 0.25) is 0 Å². The van der Waals surface area contributed by atoms with Gasteiger partial charge in [0.25, 0.3) is 13.4 Å². The molecule has 4 aliphatic heterocycles. The van der Waals surface area contributed by atoms with E-state index in [9.17, 15) is 0 Å². The quantitative estimate of drug-likeness (QED) is 0.148. The van der Waals surface area contributed by atoms with Gasteiger partial charge in [-0.2, -0.15) is 0 Å². The maximum absolute atomic E-state index is 7.85. The van der Waals surface area contributed by atoms with E-state index >= 15 is 0 Å². The van der Waals surface area contributed by atoms with Crippen LogP contribution in [0.15, 0.2) is 283 Å². The highest BCUT2D eigenvalue weighted by atomic mass is 16.5. The first-order chi connectivity index (χ1) is 39.7. The van der Waals surface area contributed by atoms with E-state index in [1.54, 1.807) is 0 Å². The van der Waals surface area contributed by atoms with Gasteiger partial charge in [0.1, 0.15) is 22.7 Å². The molecule has 372 valence electrons. The third kappa shape index (κ3) is 6.50. The van der Waals surface area contributed by atoms with Gasteiger partial charge in [0, 0.05) is 68.3 Å². The van der Waals surface area contributed by atoms with Crippen molar-refractivity contribution < 1.29 is 9.15 Å². The highest BCUT2D eigenvalue weighted by Gasteiger charge is 2.49. The Bertz CT molecular complexity index is 4560. The molecule has 0 atom stereocenters. The molecule has 0 aliphatic carbocycles. The minimum atomic E-state index is -0.218. The Labute approximate surface area is 464 Å². The molecule has 0 spiro atoms. The van der Waals surface area contributed by atoms with Gasteiger partial charge in [-0.25, -0.2) is 0 Å². The number of furan rings is 1. The number of para-hydroxylation sites is 8. The van der Waals surface area contributed by atoms with Crippen LogP contribution in [0, 0.1) is 0 Å². The molecule has 80 heavy (non-hydrogen) atoms. The zero-order valence-corrected chi connectivity index (χ0v) is 43.3. The fourth-order valence-electron chi connectivity index (χ4n) is 13.6.